The van der Waals surface area contributed by atoms with Crippen LogP contribution in [0.4, 0.5) is 0 Å². The molecule has 0 saturated carbocycles. The summed E-state index contributed by atoms with van der Waals surface area (Å²) < 4.78 is 12.0. The van der Waals surface area contributed by atoms with E-state index in [1.807, 2.05) is 41.9 Å². The highest BCUT2D eigenvalue weighted by molar-refractivity contribution is 5.40. The first kappa shape index (κ1) is 16.7. The van der Waals surface area contributed by atoms with E-state index in [1.54, 1.807) is 13.8 Å². The Morgan fingerprint density at radius 2 is 1.70 bits per heavy atom. The number of rotatable bonds is 8. The zero-order chi connectivity index (χ0) is 16.8. The van der Waals surface area contributed by atoms with Crippen molar-refractivity contribution in [3.05, 3.63) is 53.1 Å². The summed E-state index contributed by atoms with van der Waals surface area (Å²) >= 11 is 0. The minimum absolute atomic E-state index is 0.394. The molecule has 23 heavy (non-hydrogen) atoms. The molecule has 2 rings (SSSR count). The molecule has 0 radical (unpaired) electrons. The average Bonchev–Trinajstić information content (AvgIpc) is 2.86. The fourth-order valence-electron chi connectivity index (χ4n) is 2.59. The highest BCUT2D eigenvalue weighted by atomic mass is 16.5. The molecule has 0 saturated heterocycles. The minimum Gasteiger partial charge on any atom is -0.458 e. The number of carbonyl (C=O) groups is 2. The Kier molecular flexibility index (Phi) is 5.51. The van der Waals surface area contributed by atoms with Gasteiger partial charge in [0.1, 0.15) is 23.7 Å². The van der Waals surface area contributed by atoms with Gasteiger partial charge < -0.3 is 14.0 Å². The normalized spacial score (nSPS) is 13.2. The van der Waals surface area contributed by atoms with E-state index in [0.29, 0.717) is 25.1 Å². The molecule has 1 heterocycles. The molecule has 0 aliphatic carbocycles. The number of imidazole rings is 1. The van der Waals surface area contributed by atoms with Crippen LogP contribution in [0.1, 0.15) is 48.8 Å². The van der Waals surface area contributed by atoms with Gasteiger partial charge in [-0.1, -0.05) is 30.3 Å². The molecule has 0 amide bonds. The van der Waals surface area contributed by atoms with Gasteiger partial charge in [-0.2, -0.15) is 0 Å². The summed E-state index contributed by atoms with van der Waals surface area (Å²) in [6, 6.07) is 9.93. The van der Waals surface area contributed by atoms with E-state index in [0.717, 1.165) is 17.1 Å². The maximum Gasteiger partial charge on any atom is 0.293 e. The lowest BCUT2D eigenvalue weighted by atomic mass is 10.1. The number of hydrogen-bond donors (Lipinski definition) is 0. The molecule has 2 atom stereocenters. The molecule has 122 valence electrons. The Morgan fingerprint density at radius 1 is 1.09 bits per heavy atom. The lowest BCUT2D eigenvalue weighted by Gasteiger charge is -2.15. The van der Waals surface area contributed by atoms with Crippen LogP contribution < -0.4 is 0 Å². The maximum atomic E-state index is 10.7. The van der Waals surface area contributed by atoms with Crippen molar-refractivity contribution in [3.63, 3.8) is 0 Å². The first-order valence-electron chi connectivity index (χ1n) is 7.36. The van der Waals surface area contributed by atoms with Gasteiger partial charge in [0.2, 0.25) is 0 Å². The number of hydrogen-bond acceptors (Lipinski definition) is 5. The lowest BCUT2D eigenvalue weighted by molar-refractivity contribution is -0.135. The van der Waals surface area contributed by atoms with Crippen molar-refractivity contribution < 1.29 is 19.1 Å². The summed E-state index contributed by atoms with van der Waals surface area (Å²) in [6.07, 6.45) is -0.371. The fraction of sp³-hybridized carbons (Fsp3) is 0.353. The fourth-order valence-corrected chi connectivity index (χ4v) is 2.59. The second kappa shape index (κ2) is 7.58. The largest absolute Gasteiger partial charge is 0.458 e. The number of benzene rings is 1. The first-order chi connectivity index (χ1) is 11.1. The number of ether oxygens (including phenoxy) is 2. The van der Waals surface area contributed by atoms with E-state index in [9.17, 15) is 9.59 Å². The predicted molar refractivity (Wildman–Crippen MR) is 83.6 cm³/mol. The van der Waals surface area contributed by atoms with E-state index in [4.69, 9.17) is 9.47 Å². The zero-order valence-corrected chi connectivity index (χ0v) is 13.4. The van der Waals surface area contributed by atoms with Gasteiger partial charge in [-0.15, -0.1) is 0 Å². The van der Waals surface area contributed by atoms with Gasteiger partial charge in [-0.25, -0.2) is 4.98 Å². The summed E-state index contributed by atoms with van der Waals surface area (Å²) in [5.41, 5.74) is 2.43. The van der Waals surface area contributed by atoms with E-state index in [1.165, 1.54) is 0 Å². The third-order valence-corrected chi connectivity index (χ3v) is 3.76. The molecule has 2 aromatic rings. The molecule has 2 unspecified atom stereocenters. The monoisotopic (exact) mass is 316 g/mol. The average molecular weight is 316 g/mol. The molecule has 0 aliphatic rings. The number of carbonyl (C=O) groups excluding carboxylic acids is 2. The van der Waals surface area contributed by atoms with Crippen molar-refractivity contribution in [1.29, 1.82) is 0 Å². The molecule has 6 heteroatoms. The number of nitrogens with zero attached hydrogens (tertiary/aromatic N) is 2. The predicted octanol–water partition coefficient (Wildman–Crippen LogP) is 2.48. The van der Waals surface area contributed by atoms with Gasteiger partial charge in [0.15, 0.2) is 0 Å². The quantitative estimate of drug-likeness (QED) is 0.700. The molecular formula is C17H20N2O4. The molecule has 0 aliphatic heterocycles. The molecule has 0 N–H and O–H groups in total. The summed E-state index contributed by atoms with van der Waals surface area (Å²) in [5.74, 6) is 0.809. The van der Waals surface area contributed by atoms with Gasteiger partial charge in [0.25, 0.3) is 12.9 Å². The van der Waals surface area contributed by atoms with E-state index < -0.39 is 12.2 Å². The van der Waals surface area contributed by atoms with Crippen LogP contribution >= 0.6 is 0 Å². The molecule has 1 aromatic carbocycles. The smallest absolute Gasteiger partial charge is 0.293 e. The van der Waals surface area contributed by atoms with E-state index >= 15 is 0 Å². The van der Waals surface area contributed by atoms with Gasteiger partial charge in [0, 0.05) is 13.5 Å². The zero-order valence-electron chi connectivity index (χ0n) is 13.4. The summed E-state index contributed by atoms with van der Waals surface area (Å²) in [7, 11) is 1.86. The van der Waals surface area contributed by atoms with E-state index in [-0.39, 0.29) is 0 Å². The molecule has 0 fully saturated rings. The second-order valence-corrected chi connectivity index (χ2v) is 5.27. The van der Waals surface area contributed by atoms with Crippen molar-refractivity contribution in [2.45, 2.75) is 32.5 Å². The molecular weight excluding hydrogens is 296 g/mol. The van der Waals surface area contributed by atoms with Gasteiger partial charge in [0.05, 0.1) is 5.69 Å². The highest BCUT2D eigenvalue weighted by Crippen LogP contribution is 2.28. The minimum atomic E-state index is -0.518. The van der Waals surface area contributed by atoms with Gasteiger partial charge in [-0.3, -0.25) is 9.59 Å². The summed E-state index contributed by atoms with van der Waals surface area (Å²) in [6.45, 7) is 4.30. The third kappa shape index (κ3) is 3.77. The van der Waals surface area contributed by atoms with Crippen LogP contribution in [0.2, 0.25) is 0 Å². The Balaban J connectivity index is 2.41. The third-order valence-electron chi connectivity index (χ3n) is 3.76. The van der Waals surface area contributed by atoms with Crippen LogP contribution in [0.25, 0.3) is 0 Å². The van der Waals surface area contributed by atoms with Crippen molar-refractivity contribution in [3.8, 4) is 0 Å². The molecule has 6 nitrogen and oxygen atoms in total. The summed E-state index contributed by atoms with van der Waals surface area (Å²) in [5, 5.41) is 0. The van der Waals surface area contributed by atoms with Crippen LogP contribution in [0, 0.1) is 0 Å². The lowest BCUT2D eigenvalue weighted by Crippen LogP contribution is -2.11. The topological polar surface area (TPSA) is 70.4 Å². The van der Waals surface area contributed by atoms with Crippen LogP contribution in [-0.4, -0.2) is 22.5 Å². The Morgan fingerprint density at radius 3 is 2.30 bits per heavy atom. The van der Waals surface area contributed by atoms with Crippen LogP contribution in [0.3, 0.4) is 0 Å². The summed E-state index contributed by atoms with van der Waals surface area (Å²) in [4.78, 5) is 25.9. The standard InChI is InChI=1S/C17H20N2O4/c1-12(22-10-20)16-17(13(2)23-11-21)19(3)15(18-16)9-14-7-5-4-6-8-14/h4-8,10-13H,9H2,1-3H3. The number of aromatic nitrogens is 2. The van der Waals surface area contributed by atoms with Crippen LogP contribution in [0.15, 0.2) is 30.3 Å². The Hall–Kier alpha value is -2.63. The Bertz CT molecular complexity index is 667. The Labute approximate surface area is 135 Å². The second-order valence-electron chi connectivity index (χ2n) is 5.27. The molecule has 1 aromatic heterocycles. The van der Waals surface area contributed by atoms with Crippen molar-refractivity contribution >= 4 is 12.9 Å². The molecule has 0 spiro atoms. The van der Waals surface area contributed by atoms with Crippen molar-refractivity contribution in [2.24, 2.45) is 7.05 Å². The van der Waals surface area contributed by atoms with Gasteiger partial charge >= 0.3 is 0 Å². The maximum absolute atomic E-state index is 10.7. The van der Waals surface area contributed by atoms with Crippen molar-refractivity contribution in [2.75, 3.05) is 0 Å². The van der Waals surface area contributed by atoms with Crippen LogP contribution in [0.5, 0.6) is 0 Å². The van der Waals surface area contributed by atoms with Crippen molar-refractivity contribution in [1.82, 2.24) is 9.55 Å². The van der Waals surface area contributed by atoms with E-state index in [2.05, 4.69) is 4.98 Å². The SMILES string of the molecule is CC(OC=O)c1nc(Cc2ccccc2)n(C)c1C(C)OC=O. The van der Waals surface area contributed by atoms with Crippen LogP contribution in [-0.2, 0) is 32.5 Å². The highest BCUT2D eigenvalue weighted by Gasteiger charge is 2.25. The first-order valence-corrected chi connectivity index (χ1v) is 7.36. The van der Waals surface area contributed by atoms with Gasteiger partial charge in [-0.05, 0) is 19.4 Å². The molecule has 0 bridgehead atoms.